The van der Waals surface area contributed by atoms with Crippen molar-refractivity contribution in [3.8, 4) is 0 Å². The van der Waals surface area contributed by atoms with Crippen molar-refractivity contribution in [1.82, 2.24) is 10.2 Å². The first-order valence-electron chi connectivity index (χ1n) is 7.30. The van der Waals surface area contributed by atoms with Crippen LogP contribution in [-0.4, -0.2) is 29.1 Å². The van der Waals surface area contributed by atoms with Crippen molar-refractivity contribution < 1.29 is 0 Å². The largest absolute Gasteiger partial charge is 0.384 e. The second-order valence-corrected chi connectivity index (χ2v) is 5.54. The van der Waals surface area contributed by atoms with Crippen LogP contribution in [0, 0.1) is 11.3 Å². The van der Waals surface area contributed by atoms with Gasteiger partial charge in [-0.15, -0.1) is 5.10 Å². The highest BCUT2D eigenvalue weighted by Crippen LogP contribution is 2.25. The standard InChI is InChI=1S/C15H27N5/c1-7-11-12(8-2)18-19-15(13(11)14(16)17)20(6)10(5)9(3)4/h9-10H,7-8H2,1-6H3,(H3,16,17). The number of rotatable bonds is 6. The van der Waals surface area contributed by atoms with Crippen LogP contribution in [0.4, 0.5) is 5.82 Å². The van der Waals surface area contributed by atoms with E-state index in [4.69, 9.17) is 11.1 Å². The van der Waals surface area contributed by atoms with Crippen LogP contribution < -0.4 is 10.6 Å². The lowest BCUT2D eigenvalue weighted by atomic mass is 10.00. The van der Waals surface area contributed by atoms with Crippen LogP contribution >= 0.6 is 0 Å². The molecule has 0 saturated carbocycles. The molecule has 0 aliphatic heterocycles. The van der Waals surface area contributed by atoms with Crippen molar-refractivity contribution in [1.29, 1.82) is 5.41 Å². The first-order valence-corrected chi connectivity index (χ1v) is 7.30. The first kappa shape index (κ1) is 16.4. The molecular formula is C15H27N5. The molecule has 1 aromatic rings. The van der Waals surface area contributed by atoms with Gasteiger partial charge in [-0.05, 0) is 31.2 Å². The summed E-state index contributed by atoms with van der Waals surface area (Å²) in [6.45, 7) is 10.6. The summed E-state index contributed by atoms with van der Waals surface area (Å²) in [4.78, 5) is 2.08. The fourth-order valence-corrected chi connectivity index (χ4v) is 2.33. The zero-order valence-corrected chi connectivity index (χ0v) is 13.5. The second-order valence-electron chi connectivity index (χ2n) is 5.54. The van der Waals surface area contributed by atoms with E-state index < -0.39 is 0 Å². The number of nitrogens with zero attached hydrogens (tertiary/aromatic N) is 3. The summed E-state index contributed by atoms with van der Waals surface area (Å²) in [6, 6.07) is 0.305. The van der Waals surface area contributed by atoms with Gasteiger partial charge in [0.2, 0.25) is 0 Å². The van der Waals surface area contributed by atoms with Gasteiger partial charge in [0.1, 0.15) is 5.84 Å². The summed E-state index contributed by atoms with van der Waals surface area (Å²) in [7, 11) is 1.99. The Morgan fingerprint density at radius 2 is 1.80 bits per heavy atom. The molecule has 0 aliphatic carbocycles. The van der Waals surface area contributed by atoms with Crippen LogP contribution in [0.25, 0.3) is 0 Å². The highest BCUT2D eigenvalue weighted by atomic mass is 15.3. The van der Waals surface area contributed by atoms with E-state index in [1.807, 2.05) is 14.0 Å². The van der Waals surface area contributed by atoms with Gasteiger partial charge in [-0.25, -0.2) is 0 Å². The summed E-state index contributed by atoms with van der Waals surface area (Å²) in [5, 5.41) is 16.6. The van der Waals surface area contributed by atoms with E-state index in [0.29, 0.717) is 17.8 Å². The van der Waals surface area contributed by atoms with Gasteiger partial charge in [0, 0.05) is 13.1 Å². The van der Waals surface area contributed by atoms with Gasteiger partial charge < -0.3 is 10.6 Å². The molecule has 0 spiro atoms. The Balaban J connectivity index is 3.44. The molecule has 1 rings (SSSR count). The van der Waals surface area contributed by atoms with E-state index >= 15 is 0 Å². The number of aryl methyl sites for hydroxylation is 1. The van der Waals surface area contributed by atoms with Crippen LogP contribution in [0.2, 0.25) is 0 Å². The van der Waals surface area contributed by atoms with Crippen molar-refractivity contribution in [2.45, 2.75) is 53.5 Å². The minimum Gasteiger partial charge on any atom is -0.384 e. The normalized spacial score (nSPS) is 12.6. The SMILES string of the molecule is CCc1nnc(N(C)C(C)C(C)C)c(C(=N)N)c1CC. The number of anilines is 1. The Morgan fingerprint density at radius 3 is 2.20 bits per heavy atom. The Hall–Kier alpha value is -1.65. The molecule has 0 bridgehead atoms. The van der Waals surface area contributed by atoms with Crippen LogP contribution in [0.5, 0.6) is 0 Å². The lowest BCUT2D eigenvalue weighted by molar-refractivity contribution is 0.500. The number of amidine groups is 1. The predicted octanol–water partition coefficient (Wildman–Crippen LogP) is 2.37. The van der Waals surface area contributed by atoms with E-state index in [1.54, 1.807) is 0 Å². The smallest absolute Gasteiger partial charge is 0.162 e. The van der Waals surface area contributed by atoms with E-state index in [0.717, 1.165) is 29.7 Å². The van der Waals surface area contributed by atoms with E-state index in [-0.39, 0.29) is 5.84 Å². The minimum absolute atomic E-state index is 0.0734. The molecule has 5 heteroatoms. The molecule has 1 aromatic heterocycles. The Kier molecular flexibility index (Phi) is 5.48. The molecule has 3 N–H and O–H groups in total. The number of aromatic nitrogens is 2. The lowest BCUT2D eigenvalue weighted by Gasteiger charge is -2.30. The van der Waals surface area contributed by atoms with Crippen molar-refractivity contribution in [3.63, 3.8) is 0 Å². The van der Waals surface area contributed by atoms with E-state index in [9.17, 15) is 0 Å². The molecule has 1 heterocycles. The van der Waals surface area contributed by atoms with Gasteiger partial charge in [-0.2, -0.15) is 5.10 Å². The number of hydrogen-bond donors (Lipinski definition) is 2. The lowest BCUT2D eigenvalue weighted by Crippen LogP contribution is -2.36. The Morgan fingerprint density at radius 1 is 1.20 bits per heavy atom. The minimum atomic E-state index is 0.0734. The quantitative estimate of drug-likeness (QED) is 0.618. The van der Waals surface area contributed by atoms with Crippen LogP contribution in [0.3, 0.4) is 0 Å². The maximum atomic E-state index is 7.92. The van der Waals surface area contributed by atoms with E-state index in [2.05, 4.69) is 42.8 Å². The summed E-state index contributed by atoms with van der Waals surface area (Å²) < 4.78 is 0. The van der Waals surface area contributed by atoms with Crippen molar-refractivity contribution in [2.75, 3.05) is 11.9 Å². The third-order valence-electron chi connectivity index (χ3n) is 4.01. The van der Waals surface area contributed by atoms with Crippen molar-refractivity contribution in [3.05, 3.63) is 16.8 Å². The topological polar surface area (TPSA) is 78.9 Å². The Bertz CT molecular complexity index is 481. The molecule has 0 fully saturated rings. The number of nitrogens with two attached hydrogens (primary N) is 1. The van der Waals surface area contributed by atoms with Crippen LogP contribution in [-0.2, 0) is 12.8 Å². The number of nitrogens with one attached hydrogen (secondary N) is 1. The molecule has 5 nitrogen and oxygen atoms in total. The Labute approximate surface area is 122 Å². The molecule has 0 aliphatic rings. The average molecular weight is 277 g/mol. The maximum Gasteiger partial charge on any atom is 0.162 e. The summed E-state index contributed by atoms with van der Waals surface area (Å²) in [5.41, 5.74) is 8.55. The third-order valence-corrected chi connectivity index (χ3v) is 4.01. The zero-order chi connectivity index (χ0) is 15.4. The fourth-order valence-electron chi connectivity index (χ4n) is 2.33. The number of nitrogen functional groups attached to an aromatic ring is 1. The molecule has 1 atom stereocenters. The molecule has 0 amide bonds. The molecule has 0 aromatic carbocycles. The molecular weight excluding hydrogens is 250 g/mol. The average Bonchev–Trinajstić information content (AvgIpc) is 2.43. The van der Waals surface area contributed by atoms with Crippen LogP contribution in [0.1, 0.15) is 51.4 Å². The van der Waals surface area contributed by atoms with Gasteiger partial charge in [0.25, 0.3) is 0 Å². The third kappa shape index (κ3) is 3.08. The van der Waals surface area contributed by atoms with Crippen LogP contribution in [0.15, 0.2) is 0 Å². The van der Waals surface area contributed by atoms with Gasteiger partial charge in [0.15, 0.2) is 5.82 Å². The molecule has 0 saturated heterocycles. The molecule has 112 valence electrons. The van der Waals surface area contributed by atoms with Gasteiger partial charge in [0.05, 0.1) is 11.3 Å². The van der Waals surface area contributed by atoms with Crippen molar-refractivity contribution in [2.24, 2.45) is 11.7 Å². The summed E-state index contributed by atoms with van der Waals surface area (Å²) in [5.74, 6) is 1.27. The number of hydrogen-bond acceptors (Lipinski definition) is 4. The predicted molar refractivity (Wildman–Crippen MR) is 84.5 cm³/mol. The highest BCUT2D eigenvalue weighted by Gasteiger charge is 2.23. The molecule has 1 unspecified atom stereocenters. The monoisotopic (exact) mass is 277 g/mol. The van der Waals surface area contributed by atoms with Gasteiger partial charge in [-0.3, -0.25) is 5.41 Å². The van der Waals surface area contributed by atoms with E-state index in [1.165, 1.54) is 0 Å². The van der Waals surface area contributed by atoms with Gasteiger partial charge >= 0.3 is 0 Å². The summed E-state index contributed by atoms with van der Waals surface area (Å²) in [6.07, 6.45) is 1.62. The maximum absolute atomic E-state index is 7.92. The highest BCUT2D eigenvalue weighted by molar-refractivity contribution is 6.01. The molecule has 0 radical (unpaired) electrons. The zero-order valence-electron chi connectivity index (χ0n) is 13.5. The van der Waals surface area contributed by atoms with Gasteiger partial charge in [-0.1, -0.05) is 27.7 Å². The first-order chi connectivity index (χ1) is 9.34. The van der Waals surface area contributed by atoms with Crippen molar-refractivity contribution >= 4 is 11.7 Å². The summed E-state index contributed by atoms with van der Waals surface area (Å²) >= 11 is 0. The fraction of sp³-hybridized carbons (Fsp3) is 0.667. The molecule has 20 heavy (non-hydrogen) atoms. The second kappa shape index (κ2) is 6.68.